The Morgan fingerprint density at radius 2 is 2.29 bits per heavy atom. The maximum atomic E-state index is 11.6. The monoisotopic (exact) mass is 199 g/mol. The molecule has 2 atom stereocenters. The number of methoxy groups -OCH3 is 1. The summed E-state index contributed by atoms with van der Waals surface area (Å²) >= 11 is 0. The normalized spacial score (nSPS) is 35.6. The van der Waals surface area contributed by atoms with Gasteiger partial charge in [-0.25, -0.2) is 0 Å². The first kappa shape index (κ1) is 9.93. The molecule has 0 aromatic heterocycles. The minimum Gasteiger partial charge on any atom is -0.469 e. The predicted octanol–water partition coefficient (Wildman–Crippen LogP) is 0.964. The van der Waals surface area contributed by atoms with E-state index in [2.05, 4.69) is 0 Å². The van der Waals surface area contributed by atoms with Gasteiger partial charge in [-0.1, -0.05) is 0 Å². The zero-order valence-electron chi connectivity index (χ0n) is 8.95. The third-order valence-electron chi connectivity index (χ3n) is 3.19. The molecule has 14 heavy (non-hydrogen) atoms. The van der Waals surface area contributed by atoms with Crippen LogP contribution in [-0.4, -0.2) is 36.3 Å². The van der Waals surface area contributed by atoms with E-state index in [0.717, 1.165) is 19.4 Å². The lowest BCUT2D eigenvalue weighted by Gasteiger charge is -2.24. The predicted molar refractivity (Wildman–Crippen MR) is 50.4 cm³/mol. The van der Waals surface area contributed by atoms with Gasteiger partial charge >= 0.3 is 5.97 Å². The van der Waals surface area contributed by atoms with Crippen molar-refractivity contribution in [3.05, 3.63) is 0 Å². The van der Waals surface area contributed by atoms with E-state index >= 15 is 0 Å². The third-order valence-corrected chi connectivity index (χ3v) is 3.19. The topological polar surface area (TPSA) is 38.8 Å². The average Bonchev–Trinajstić information content (AvgIpc) is 2.59. The second-order valence-corrected chi connectivity index (χ2v) is 4.55. The van der Waals surface area contributed by atoms with Crippen molar-refractivity contribution in [3.8, 4) is 0 Å². The molecule has 4 heteroatoms. The molecule has 0 aliphatic carbocycles. The summed E-state index contributed by atoms with van der Waals surface area (Å²) in [4.78, 5) is 17.4. The van der Waals surface area contributed by atoms with Gasteiger partial charge in [0.25, 0.3) is 0 Å². The first-order valence-electron chi connectivity index (χ1n) is 5.10. The Morgan fingerprint density at radius 1 is 1.57 bits per heavy atom. The number of hydrogen-bond donors (Lipinski definition) is 0. The summed E-state index contributed by atoms with van der Waals surface area (Å²) in [6, 6.07) is 0.220. The van der Waals surface area contributed by atoms with Gasteiger partial charge in [-0.2, -0.15) is 5.06 Å². The molecule has 2 aliphatic heterocycles. The van der Waals surface area contributed by atoms with Crippen LogP contribution in [0.3, 0.4) is 0 Å². The molecule has 0 unspecified atom stereocenters. The summed E-state index contributed by atoms with van der Waals surface area (Å²) in [5, 5.41) is 1.95. The molecule has 80 valence electrons. The van der Waals surface area contributed by atoms with Gasteiger partial charge in [0, 0.05) is 6.54 Å². The summed E-state index contributed by atoms with van der Waals surface area (Å²) in [5.41, 5.74) is -0.418. The van der Waals surface area contributed by atoms with Crippen LogP contribution in [0.4, 0.5) is 0 Å². The SMILES string of the molecule is COC(=O)[C@@H]1[C@H]2CCCN2OC1(C)C. The lowest BCUT2D eigenvalue weighted by atomic mass is 9.85. The highest BCUT2D eigenvalue weighted by Crippen LogP contribution is 2.41. The van der Waals surface area contributed by atoms with Crippen molar-refractivity contribution in [2.75, 3.05) is 13.7 Å². The highest BCUT2D eigenvalue weighted by molar-refractivity contribution is 5.75. The summed E-state index contributed by atoms with van der Waals surface area (Å²) in [5.74, 6) is -0.292. The van der Waals surface area contributed by atoms with E-state index in [9.17, 15) is 4.79 Å². The van der Waals surface area contributed by atoms with Gasteiger partial charge in [-0.05, 0) is 26.7 Å². The number of ether oxygens (including phenoxy) is 1. The Balaban J connectivity index is 2.22. The molecule has 0 aromatic rings. The van der Waals surface area contributed by atoms with E-state index in [1.54, 1.807) is 0 Å². The van der Waals surface area contributed by atoms with E-state index in [1.165, 1.54) is 7.11 Å². The van der Waals surface area contributed by atoms with Gasteiger partial charge in [-0.3, -0.25) is 9.63 Å². The lowest BCUT2D eigenvalue weighted by Crippen LogP contribution is -2.39. The number of hydrogen-bond acceptors (Lipinski definition) is 4. The molecule has 2 fully saturated rings. The molecule has 0 bridgehead atoms. The van der Waals surface area contributed by atoms with Gasteiger partial charge in [0.15, 0.2) is 0 Å². The molecular formula is C10H17NO3. The first-order chi connectivity index (χ1) is 6.56. The van der Waals surface area contributed by atoms with Crippen LogP contribution in [0.5, 0.6) is 0 Å². The van der Waals surface area contributed by atoms with Crippen LogP contribution in [0.25, 0.3) is 0 Å². The molecule has 0 amide bonds. The molecule has 2 rings (SSSR count). The highest BCUT2D eigenvalue weighted by atomic mass is 16.7. The second kappa shape index (κ2) is 3.21. The van der Waals surface area contributed by atoms with Crippen LogP contribution in [0.15, 0.2) is 0 Å². The van der Waals surface area contributed by atoms with E-state index in [4.69, 9.17) is 9.57 Å². The molecule has 4 nitrogen and oxygen atoms in total. The lowest BCUT2D eigenvalue weighted by molar-refractivity contribution is -0.186. The van der Waals surface area contributed by atoms with Crippen LogP contribution >= 0.6 is 0 Å². The molecule has 2 saturated heterocycles. The Kier molecular flexibility index (Phi) is 2.27. The number of nitrogens with zero attached hydrogens (tertiary/aromatic N) is 1. The van der Waals surface area contributed by atoms with E-state index in [-0.39, 0.29) is 17.9 Å². The average molecular weight is 199 g/mol. The molecule has 0 aromatic carbocycles. The Morgan fingerprint density at radius 3 is 2.93 bits per heavy atom. The van der Waals surface area contributed by atoms with Gasteiger partial charge < -0.3 is 4.74 Å². The van der Waals surface area contributed by atoms with Gasteiger partial charge in [0.1, 0.15) is 5.92 Å². The Labute approximate surface area is 84.1 Å². The molecule has 0 saturated carbocycles. The second-order valence-electron chi connectivity index (χ2n) is 4.55. The largest absolute Gasteiger partial charge is 0.469 e. The van der Waals surface area contributed by atoms with Gasteiger partial charge in [-0.15, -0.1) is 0 Å². The van der Waals surface area contributed by atoms with Crippen molar-refractivity contribution in [2.24, 2.45) is 5.92 Å². The number of carbonyl (C=O) groups excluding carboxylic acids is 1. The molecule has 2 heterocycles. The molecule has 0 radical (unpaired) electrons. The maximum absolute atomic E-state index is 11.6. The first-order valence-corrected chi connectivity index (χ1v) is 5.10. The van der Waals surface area contributed by atoms with Gasteiger partial charge in [0.05, 0.1) is 18.8 Å². The van der Waals surface area contributed by atoms with Crippen molar-refractivity contribution in [2.45, 2.75) is 38.3 Å². The summed E-state index contributed by atoms with van der Waals surface area (Å²) in [6.45, 7) is 4.83. The number of esters is 1. The summed E-state index contributed by atoms with van der Waals surface area (Å²) in [7, 11) is 1.44. The number of hydroxylamine groups is 2. The van der Waals surface area contributed by atoms with Crippen LogP contribution in [0, 0.1) is 5.92 Å². The van der Waals surface area contributed by atoms with Crippen molar-refractivity contribution in [1.82, 2.24) is 5.06 Å². The minimum atomic E-state index is -0.418. The van der Waals surface area contributed by atoms with Crippen molar-refractivity contribution in [3.63, 3.8) is 0 Å². The number of rotatable bonds is 1. The standard InChI is InChI=1S/C10H17NO3/c1-10(2)8(9(12)13-3)7-5-4-6-11(7)14-10/h7-8H,4-6H2,1-3H3/t7-,8+/m1/s1. The summed E-state index contributed by atoms with van der Waals surface area (Å²) in [6.07, 6.45) is 2.14. The molecule has 0 N–H and O–H groups in total. The fourth-order valence-electron chi connectivity index (χ4n) is 2.60. The van der Waals surface area contributed by atoms with Crippen molar-refractivity contribution < 1.29 is 14.4 Å². The minimum absolute atomic E-state index is 0.144. The third kappa shape index (κ3) is 1.33. The van der Waals surface area contributed by atoms with Crippen LogP contribution < -0.4 is 0 Å². The van der Waals surface area contributed by atoms with E-state index in [1.807, 2.05) is 18.9 Å². The van der Waals surface area contributed by atoms with Crippen LogP contribution in [-0.2, 0) is 14.4 Å². The van der Waals surface area contributed by atoms with E-state index < -0.39 is 5.60 Å². The van der Waals surface area contributed by atoms with E-state index in [0.29, 0.717) is 0 Å². The van der Waals surface area contributed by atoms with Crippen molar-refractivity contribution >= 4 is 5.97 Å². The Hall–Kier alpha value is -0.610. The number of carbonyl (C=O) groups is 1. The Bertz CT molecular complexity index is 252. The van der Waals surface area contributed by atoms with Gasteiger partial charge in [0.2, 0.25) is 0 Å². The maximum Gasteiger partial charge on any atom is 0.313 e. The smallest absolute Gasteiger partial charge is 0.313 e. The fourth-order valence-corrected chi connectivity index (χ4v) is 2.60. The zero-order chi connectivity index (χ0) is 10.3. The molecular weight excluding hydrogens is 182 g/mol. The quantitative estimate of drug-likeness (QED) is 0.590. The van der Waals surface area contributed by atoms with Crippen LogP contribution in [0.1, 0.15) is 26.7 Å². The fraction of sp³-hybridized carbons (Fsp3) is 0.900. The zero-order valence-corrected chi connectivity index (χ0v) is 8.95. The number of fused-ring (bicyclic) bond motifs is 1. The van der Waals surface area contributed by atoms with Crippen LogP contribution in [0.2, 0.25) is 0 Å². The molecule has 2 aliphatic rings. The van der Waals surface area contributed by atoms with Crippen molar-refractivity contribution in [1.29, 1.82) is 0 Å². The summed E-state index contributed by atoms with van der Waals surface area (Å²) < 4.78 is 4.83. The highest BCUT2D eigenvalue weighted by Gasteiger charge is 2.54. The molecule has 0 spiro atoms.